The van der Waals surface area contributed by atoms with Gasteiger partial charge in [0.15, 0.2) is 5.82 Å². The zero-order valence-corrected chi connectivity index (χ0v) is 11.0. The van der Waals surface area contributed by atoms with Gasteiger partial charge < -0.3 is 14.8 Å². The second kappa shape index (κ2) is 4.39. The number of anilines is 1. The molecule has 5 nitrogen and oxygen atoms in total. The molecule has 1 N–H and O–H groups in total. The maximum Gasteiger partial charge on any atom is 0.293 e. The van der Waals surface area contributed by atoms with E-state index in [0.717, 1.165) is 26.2 Å². The highest BCUT2D eigenvalue weighted by molar-refractivity contribution is 5.38. The van der Waals surface area contributed by atoms with E-state index in [0.29, 0.717) is 17.7 Å². The highest BCUT2D eigenvalue weighted by Crippen LogP contribution is 2.28. The minimum absolute atomic E-state index is 0.0421. The molecule has 0 radical (unpaired) electrons. The number of fused-ring (bicyclic) bond motifs is 1. The summed E-state index contributed by atoms with van der Waals surface area (Å²) in [6.07, 6.45) is 3.51. The van der Waals surface area contributed by atoms with Gasteiger partial charge in [-0.05, 0) is 25.7 Å². The molecule has 2 unspecified atom stereocenters. The van der Waals surface area contributed by atoms with Crippen molar-refractivity contribution in [3.63, 3.8) is 0 Å². The van der Waals surface area contributed by atoms with Gasteiger partial charge in [-0.2, -0.15) is 0 Å². The lowest BCUT2D eigenvalue weighted by Crippen LogP contribution is -2.34. The molecule has 2 fully saturated rings. The van der Waals surface area contributed by atoms with Crippen LogP contribution < -0.4 is 15.8 Å². The Morgan fingerprint density at radius 2 is 2.00 bits per heavy atom. The van der Waals surface area contributed by atoms with Crippen LogP contribution in [0.15, 0.2) is 17.2 Å². The predicted octanol–water partition coefficient (Wildman–Crippen LogP) is 0.480. The lowest BCUT2D eigenvalue weighted by atomic mass is 10.0. The SMILES string of the molecule is CC(C)n1ccnc(N2CC3CNCC3C2)c1=O. The molecule has 0 spiro atoms. The van der Waals surface area contributed by atoms with Crippen LogP contribution in [0.25, 0.3) is 0 Å². The minimum atomic E-state index is 0.0421. The van der Waals surface area contributed by atoms with Crippen LogP contribution >= 0.6 is 0 Å². The lowest BCUT2D eigenvalue weighted by Gasteiger charge is -2.19. The molecule has 18 heavy (non-hydrogen) atoms. The van der Waals surface area contributed by atoms with E-state index in [1.165, 1.54) is 0 Å². The molecule has 2 aliphatic heterocycles. The van der Waals surface area contributed by atoms with Crippen LogP contribution in [0.3, 0.4) is 0 Å². The van der Waals surface area contributed by atoms with E-state index in [1.807, 2.05) is 13.8 Å². The van der Waals surface area contributed by atoms with Crippen molar-refractivity contribution < 1.29 is 0 Å². The molecule has 0 amide bonds. The first kappa shape index (κ1) is 11.7. The predicted molar refractivity (Wildman–Crippen MR) is 70.9 cm³/mol. The summed E-state index contributed by atoms with van der Waals surface area (Å²) < 4.78 is 1.76. The number of hydrogen-bond donors (Lipinski definition) is 1. The summed E-state index contributed by atoms with van der Waals surface area (Å²) in [4.78, 5) is 18.8. The smallest absolute Gasteiger partial charge is 0.293 e. The molecule has 0 aromatic carbocycles. The quantitative estimate of drug-likeness (QED) is 0.827. The fourth-order valence-electron chi connectivity index (χ4n) is 3.07. The van der Waals surface area contributed by atoms with Crippen LogP contribution in [-0.4, -0.2) is 35.7 Å². The summed E-state index contributed by atoms with van der Waals surface area (Å²) in [5.74, 6) is 1.98. The van der Waals surface area contributed by atoms with Gasteiger partial charge in [-0.1, -0.05) is 0 Å². The Hall–Kier alpha value is -1.36. The van der Waals surface area contributed by atoms with Crippen molar-refractivity contribution in [2.24, 2.45) is 11.8 Å². The Morgan fingerprint density at radius 1 is 1.33 bits per heavy atom. The molecule has 0 saturated carbocycles. The van der Waals surface area contributed by atoms with Crippen LogP contribution in [0.1, 0.15) is 19.9 Å². The number of aromatic nitrogens is 2. The number of rotatable bonds is 2. The third kappa shape index (κ3) is 1.82. The Labute approximate surface area is 107 Å². The van der Waals surface area contributed by atoms with Crippen LogP contribution in [0.5, 0.6) is 0 Å². The third-order valence-electron chi connectivity index (χ3n) is 4.10. The van der Waals surface area contributed by atoms with Gasteiger partial charge in [0.05, 0.1) is 0 Å². The first-order valence-corrected chi connectivity index (χ1v) is 6.69. The van der Waals surface area contributed by atoms with Gasteiger partial charge in [0.1, 0.15) is 0 Å². The molecular weight excluding hydrogens is 228 g/mol. The van der Waals surface area contributed by atoms with Gasteiger partial charge in [-0.3, -0.25) is 4.79 Å². The van der Waals surface area contributed by atoms with Crippen molar-refractivity contribution in [3.05, 3.63) is 22.7 Å². The topological polar surface area (TPSA) is 50.2 Å². The zero-order chi connectivity index (χ0) is 12.7. The molecule has 2 atom stereocenters. The molecule has 3 rings (SSSR count). The van der Waals surface area contributed by atoms with Crippen LogP contribution in [0.4, 0.5) is 5.82 Å². The van der Waals surface area contributed by atoms with E-state index >= 15 is 0 Å². The van der Waals surface area contributed by atoms with Crippen LogP contribution in [-0.2, 0) is 0 Å². The maximum absolute atomic E-state index is 12.4. The average Bonchev–Trinajstić information content (AvgIpc) is 2.89. The Balaban J connectivity index is 1.89. The maximum atomic E-state index is 12.4. The van der Waals surface area contributed by atoms with E-state index in [2.05, 4.69) is 15.2 Å². The highest BCUT2D eigenvalue weighted by Gasteiger charge is 2.37. The monoisotopic (exact) mass is 248 g/mol. The molecule has 0 aliphatic carbocycles. The summed E-state index contributed by atoms with van der Waals surface area (Å²) >= 11 is 0. The normalized spacial score (nSPS) is 26.9. The third-order valence-corrected chi connectivity index (χ3v) is 4.10. The molecule has 5 heteroatoms. The molecule has 2 aliphatic rings. The first-order chi connectivity index (χ1) is 8.66. The summed E-state index contributed by atoms with van der Waals surface area (Å²) in [7, 11) is 0. The van der Waals surface area contributed by atoms with Crippen molar-refractivity contribution in [3.8, 4) is 0 Å². The fraction of sp³-hybridized carbons (Fsp3) is 0.692. The Morgan fingerprint density at radius 3 is 2.61 bits per heavy atom. The largest absolute Gasteiger partial charge is 0.351 e. The number of nitrogens with zero attached hydrogens (tertiary/aromatic N) is 3. The summed E-state index contributed by atoms with van der Waals surface area (Å²) in [6, 6.07) is 0.183. The van der Waals surface area contributed by atoms with Crippen molar-refractivity contribution in [1.82, 2.24) is 14.9 Å². The molecular formula is C13H20N4O. The van der Waals surface area contributed by atoms with Crippen LogP contribution in [0.2, 0.25) is 0 Å². The lowest BCUT2D eigenvalue weighted by molar-refractivity contribution is 0.533. The van der Waals surface area contributed by atoms with Crippen molar-refractivity contribution in [2.45, 2.75) is 19.9 Å². The average molecular weight is 248 g/mol. The highest BCUT2D eigenvalue weighted by atomic mass is 16.1. The first-order valence-electron chi connectivity index (χ1n) is 6.69. The Kier molecular flexibility index (Phi) is 2.86. The van der Waals surface area contributed by atoms with Crippen molar-refractivity contribution in [1.29, 1.82) is 0 Å². The molecule has 3 heterocycles. The van der Waals surface area contributed by atoms with E-state index in [4.69, 9.17) is 0 Å². The summed E-state index contributed by atoms with van der Waals surface area (Å²) in [6.45, 7) is 8.12. The van der Waals surface area contributed by atoms with E-state index in [1.54, 1.807) is 17.0 Å². The summed E-state index contributed by atoms with van der Waals surface area (Å²) in [5.41, 5.74) is 0.0421. The van der Waals surface area contributed by atoms with Gasteiger partial charge in [-0.25, -0.2) is 4.98 Å². The van der Waals surface area contributed by atoms with E-state index in [9.17, 15) is 4.79 Å². The fourth-order valence-corrected chi connectivity index (χ4v) is 3.07. The molecule has 98 valence electrons. The summed E-state index contributed by atoms with van der Waals surface area (Å²) in [5, 5.41) is 3.41. The second-order valence-corrected chi connectivity index (χ2v) is 5.64. The van der Waals surface area contributed by atoms with E-state index < -0.39 is 0 Å². The second-order valence-electron chi connectivity index (χ2n) is 5.64. The van der Waals surface area contributed by atoms with Gasteiger partial charge >= 0.3 is 0 Å². The molecule has 2 saturated heterocycles. The molecule has 1 aromatic heterocycles. The van der Waals surface area contributed by atoms with Gasteiger partial charge in [0.25, 0.3) is 5.56 Å². The standard InChI is InChI=1S/C13H20N4O/c1-9(2)17-4-3-15-12(13(17)18)16-7-10-5-14-6-11(10)8-16/h3-4,9-11,14H,5-8H2,1-2H3. The molecule has 1 aromatic rings. The van der Waals surface area contributed by atoms with Gasteiger partial charge in [-0.15, -0.1) is 0 Å². The van der Waals surface area contributed by atoms with Crippen molar-refractivity contribution >= 4 is 5.82 Å². The van der Waals surface area contributed by atoms with Crippen LogP contribution in [0, 0.1) is 11.8 Å². The van der Waals surface area contributed by atoms with E-state index in [-0.39, 0.29) is 11.6 Å². The minimum Gasteiger partial charge on any atom is -0.351 e. The number of hydrogen-bond acceptors (Lipinski definition) is 4. The van der Waals surface area contributed by atoms with Gasteiger partial charge in [0.2, 0.25) is 0 Å². The number of nitrogens with one attached hydrogen (secondary N) is 1. The zero-order valence-electron chi connectivity index (χ0n) is 11.0. The van der Waals surface area contributed by atoms with Gasteiger partial charge in [0, 0.05) is 44.6 Å². The molecule has 0 bridgehead atoms. The Bertz CT molecular complexity index is 484. The van der Waals surface area contributed by atoms with Crippen molar-refractivity contribution in [2.75, 3.05) is 31.1 Å².